The minimum atomic E-state index is -1.26. The van der Waals surface area contributed by atoms with Crippen LogP contribution in [0.2, 0.25) is 0 Å². The number of ether oxygens (including phenoxy) is 1. The van der Waals surface area contributed by atoms with E-state index in [0.717, 1.165) is 25.7 Å². The summed E-state index contributed by atoms with van der Waals surface area (Å²) in [6.07, 6.45) is 5.47. The molecule has 0 amide bonds. The molecule has 0 radical (unpaired) electrons. The molecule has 4 saturated carbocycles. The van der Waals surface area contributed by atoms with E-state index in [-0.39, 0.29) is 41.3 Å². The van der Waals surface area contributed by atoms with Gasteiger partial charge < -0.3 is 30.3 Å². The quantitative estimate of drug-likeness (QED) is 0.185. The first-order valence-electron chi connectivity index (χ1n) is 16.2. The number of rotatable bonds is 4. The standard InChI is InChI=1S/C35H56O7/c1-9-20(2)29(41)42-19-35-22(16-30(3,4)27(39)28(35)40)21-10-11-24-31(5)14-13-25(37)32(6,18-36)23(31)12-15-33(24,7)34(21,8)17-26(35)38/h9-10,22-28,36-40H,11-19H2,1-8H3/t22-,23+,24+,25-,26+,27+,28+,31-,32+,33+,34+,35-/m0/s1. The van der Waals surface area contributed by atoms with Crippen LogP contribution in [-0.2, 0) is 9.53 Å². The molecular formula is C35H56O7. The third-order valence-corrected chi connectivity index (χ3v) is 14.5. The Bertz CT molecular complexity index is 1160. The van der Waals surface area contributed by atoms with Crippen LogP contribution in [0, 0.1) is 50.2 Å². The van der Waals surface area contributed by atoms with Gasteiger partial charge in [-0.15, -0.1) is 0 Å². The number of carbonyl (C=O) groups is 1. The molecule has 4 fully saturated rings. The van der Waals surface area contributed by atoms with Crippen LogP contribution in [0.5, 0.6) is 0 Å². The molecule has 0 spiro atoms. The Kier molecular flexibility index (Phi) is 7.76. The van der Waals surface area contributed by atoms with Crippen LogP contribution in [0.15, 0.2) is 23.3 Å². The smallest absolute Gasteiger partial charge is 0.333 e. The highest BCUT2D eigenvalue weighted by Crippen LogP contribution is 2.75. The molecule has 0 aromatic heterocycles. The van der Waals surface area contributed by atoms with Crippen molar-refractivity contribution in [1.82, 2.24) is 0 Å². The van der Waals surface area contributed by atoms with Crippen molar-refractivity contribution in [2.24, 2.45) is 50.2 Å². The van der Waals surface area contributed by atoms with E-state index in [4.69, 9.17) is 4.74 Å². The Labute approximate surface area is 252 Å². The summed E-state index contributed by atoms with van der Waals surface area (Å²) in [5, 5.41) is 56.9. The molecular weight excluding hydrogens is 532 g/mol. The highest BCUT2D eigenvalue weighted by molar-refractivity contribution is 5.87. The third-order valence-electron chi connectivity index (χ3n) is 14.5. The molecule has 5 N–H and O–H groups in total. The Morgan fingerprint density at radius 1 is 0.952 bits per heavy atom. The fourth-order valence-electron chi connectivity index (χ4n) is 11.3. The van der Waals surface area contributed by atoms with E-state index in [0.29, 0.717) is 30.8 Å². The van der Waals surface area contributed by atoms with E-state index in [2.05, 4.69) is 33.8 Å². The maximum Gasteiger partial charge on any atom is 0.333 e. The van der Waals surface area contributed by atoms with E-state index < -0.39 is 46.6 Å². The predicted molar refractivity (Wildman–Crippen MR) is 161 cm³/mol. The summed E-state index contributed by atoms with van der Waals surface area (Å²) >= 11 is 0. The molecule has 5 rings (SSSR count). The largest absolute Gasteiger partial charge is 0.462 e. The average Bonchev–Trinajstić information content (AvgIpc) is 2.93. The maximum atomic E-state index is 12.8. The summed E-state index contributed by atoms with van der Waals surface area (Å²) in [4.78, 5) is 12.8. The molecule has 7 heteroatoms. The second-order valence-electron chi connectivity index (χ2n) is 16.5. The second-order valence-corrected chi connectivity index (χ2v) is 16.5. The molecule has 7 nitrogen and oxygen atoms in total. The van der Waals surface area contributed by atoms with Gasteiger partial charge in [0.2, 0.25) is 0 Å². The normalized spacial score (nSPS) is 51.8. The van der Waals surface area contributed by atoms with Crippen molar-refractivity contribution in [2.75, 3.05) is 13.2 Å². The van der Waals surface area contributed by atoms with Crippen LogP contribution < -0.4 is 0 Å². The number of aliphatic hydroxyl groups excluding tert-OH is 5. The van der Waals surface area contributed by atoms with Gasteiger partial charge in [0.25, 0.3) is 0 Å². The summed E-state index contributed by atoms with van der Waals surface area (Å²) < 4.78 is 5.82. The zero-order valence-electron chi connectivity index (χ0n) is 27.1. The molecule has 0 unspecified atom stereocenters. The molecule has 0 bridgehead atoms. The van der Waals surface area contributed by atoms with Gasteiger partial charge in [0.05, 0.1) is 36.4 Å². The lowest BCUT2D eigenvalue weighted by atomic mass is 9.33. The zero-order chi connectivity index (χ0) is 31.3. The van der Waals surface area contributed by atoms with E-state index in [1.807, 2.05) is 13.8 Å². The monoisotopic (exact) mass is 588 g/mol. The topological polar surface area (TPSA) is 127 Å². The number of carbonyl (C=O) groups excluding carboxylic acids is 1. The highest BCUT2D eigenvalue weighted by Gasteiger charge is 2.72. The fourth-order valence-corrected chi connectivity index (χ4v) is 11.3. The molecule has 238 valence electrons. The lowest BCUT2D eigenvalue weighted by Gasteiger charge is -2.72. The molecule has 0 aromatic rings. The van der Waals surface area contributed by atoms with Crippen LogP contribution in [-0.4, -0.2) is 69.1 Å². The van der Waals surface area contributed by atoms with E-state index >= 15 is 0 Å². The van der Waals surface area contributed by atoms with Crippen molar-refractivity contribution in [3.63, 3.8) is 0 Å². The van der Waals surface area contributed by atoms with Gasteiger partial charge in [-0.05, 0) is 98.2 Å². The lowest BCUT2D eigenvalue weighted by molar-refractivity contribution is -0.260. The van der Waals surface area contributed by atoms with Crippen molar-refractivity contribution >= 4 is 5.97 Å². The van der Waals surface area contributed by atoms with Crippen LogP contribution in [0.1, 0.15) is 100 Å². The Balaban J connectivity index is 1.61. The Morgan fingerprint density at radius 2 is 1.62 bits per heavy atom. The predicted octanol–water partition coefficient (Wildman–Crippen LogP) is 4.54. The van der Waals surface area contributed by atoms with Crippen LogP contribution in [0.25, 0.3) is 0 Å². The fraction of sp³-hybridized carbons (Fsp3) is 0.857. The number of aliphatic hydroxyl groups is 5. The van der Waals surface area contributed by atoms with Gasteiger partial charge in [0.1, 0.15) is 6.61 Å². The van der Waals surface area contributed by atoms with Gasteiger partial charge in [-0.25, -0.2) is 4.79 Å². The number of allylic oxidation sites excluding steroid dienone is 3. The first-order valence-corrected chi connectivity index (χ1v) is 16.2. The van der Waals surface area contributed by atoms with Crippen molar-refractivity contribution in [1.29, 1.82) is 0 Å². The molecule has 0 aromatic carbocycles. The van der Waals surface area contributed by atoms with Gasteiger partial charge in [-0.1, -0.05) is 59.3 Å². The highest BCUT2D eigenvalue weighted by atomic mass is 16.5. The van der Waals surface area contributed by atoms with Gasteiger partial charge in [0, 0.05) is 11.0 Å². The summed E-state index contributed by atoms with van der Waals surface area (Å²) in [6.45, 7) is 16.3. The SMILES string of the molecule is CC=C(C)C(=O)OC[C@@]12[C@H](O)C[C@]3(C)C(=CC[C@@H]4[C@@]5(C)CC[C@H](O)[C@](C)(CO)[C@@H]5CC[C@]43C)[C@@H]1CC(C)(C)[C@H](O)[C@H]2O. The van der Waals surface area contributed by atoms with Gasteiger partial charge in [-0.3, -0.25) is 0 Å². The van der Waals surface area contributed by atoms with E-state index in [1.54, 1.807) is 19.9 Å². The van der Waals surface area contributed by atoms with Crippen molar-refractivity contribution < 1.29 is 35.1 Å². The summed E-state index contributed by atoms with van der Waals surface area (Å²) in [7, 11) is 0. The molecule has 5 aliphatic carbocycles. The minimum absolute atomic E-state index is 0.0275. The minimum Gasteiger partial charge on any atom is -0.462 e. The molecule has 0 aliphatic heterocycles. The summed E-state index contributed by atoms with van der Waals surface area (Å²) in [5.41, 5.74) is -1.25. The molecule has 42 heavy (non-hydrogen) atoms. The molecule has 0 heterocycles. The lowest BCUT2D eigenvalue weighted by Crippen LogP contribution is -2.72. The van der Waals surface area contributed by atoms with Crippen LogP contribution in [0.3, 0.4) is 0 Å². The van der Waals surface area contributed by atoms with Crippen molar-refractivity contribution in [3.05, 3.63) is 23.3 Å². The second kappa shape index (κ2) is 10.1. The van der Waals surface area contributed by atoms with Crippen molar-refractivity contribution in [3.8, 4) is 0 Å². The molecule has 0 saturated heterocycles. The zero-order valence-corrected chi connectivity index (χ0v) is 27.1. The first kappa shape index (κ1) is 32.2. The third kappa shape index (κ3) is 3.98. The summed E-state index contributed by atoms with van der Waals surface area (Å²) in [6, 6.07) is 0. The summed E-state index contributed by atoms with van der Waals surface area (Å²) in [5.74, 6) is -0.238. The number of hydrogen-bond acceptors (Lipinski definition) is 7. The van der Waals surface area contributed by atoms with Gasteiger partial charge >= 0.3 is 5.97 Å². The van der Waals surface area contributed by atoms with Crippen LogP contribution >= 0.6 is 0 Å². The first-order chi connectivity index (χ1) is 19.4. The Morgan fingerprint density at radius 3 is 2.24 bits per heavy atom. The maximum absolute atomic E-state index is 12.8. The molecule has 12 atom stereocenters. The number of fused-ring (bicyclic) bond motifs is 7. The van der Waals surface area contributed by atoms with Crippen molar-refractivity contribution in [2.45, 2.75) is 125 Å². The number of hydrogen-bond donors (Lipinski definition) is 5. The Hall–Kier alpha value is -1.25. The molecule has 5 aliphatic rings. The number of esters is 1. The van der Waals surface area contributed by atoms with Crippen LogP contribution in [0.4, 0.5) is 0 Å². The average molecular weight is 589 g/mol. The van der Waals surface area contributed by atoms with E-state index in [9.17, 15) is 30.3 Å². The van der Waals surface area contributed by atoms with Gasteiger partial charge in [0.15, 0.2) is 0 Å². The van der Waals surface area contributed by atoms with E-state index in [1.165, 1.54) is 5.57 Å². The van der Waals surface area contributed by atoms with Gasteiger partial charge in [-0.2, -0.15) is 0 Å².